The van der Waals surface area contributed by atoms with E-state index in [9.17, 15) is 24.6 Å². The number of carbonyl (C=O) groups is 3. The smallest absolute Gasteiger partial charge is 0.329 e. The van der Waals surface area contributed by atoms with Gasteiger partial charge in [0.25, 0.3) is 0 Å². The Balaban J connectivity index is 1.73. The van der Waals surface area contributed by atoms with Gasteiger partial charge in [0.2, 0.25) is 0 Å². The molecular weight excluding hydrogens is 552 g/mol. The first-order valence-electron chi connectivity index (χ1n) is 14.8. The van der Waals surface area contributed by atoms with Crippen LogP contribution in [-0.4, -0.2) is 138 Å². The summed E-state index contributed by atoms with van der Waals surface area (Å²) in [7, 11) is 0. The molecule has 43 heavy (non-hydrogen) atoms. The standard InChI is InChI=1S/C32H46N4O7/c1-24-18-25(2)32(26(3)19-24)28-6-4-27(5-7-28)20-34-12-14-35(21-29(37)38)10-8-33(16-17-43-23-31(41)42)9-11-36(15-13-34)22-30(39)40/h4-7,18-19H,8-17,20-23H2,1-3H3,(H,37,38)(H,39,40)(H,41,42). The topological polar surface area (TPSA) is 134 Å². The summed E-state index contributed by atoms with van der Waals surface area (Å²) in [6.45, 7) is 11.7. The lowest BCUT2D eigenvalue weighted by molar-refractivity contribution is -0.142. The molecule has 0 atom stereocenters. The molecule has 0 spiro atoms. The number of aryl methyl sites for hydroxylation is 3. The maximum absolute atomic E-state index is 11.6. The molecule has 0 radical (unpaired) electrons. The third-order valence-corrected chi connectivity index (χ3v) is 7.75. The number of carboxylic acids is 3. The zero-order valence-electron chi connectivity index (χ0n) is 25.6. The molecule has 1 heterocycles. The molecule has 1 aliphatic rings. The first-order valence-corrected chi connectivity index (χ1v) is 14.8. The number of ether oxygens (including phenoxy) is 1. The van der Waals surface area contributed by atoms with Crippen LogP contribution >= 0.6 is 0 Å². The second kappa shape index (κ2) is 17.1. The van der Waals surface area contributed by atoms with Crippen molar-refractivity contribution in [2.45, 2.75) is 27.3 Å². The average Bonchev–Trinajstić information content (AvgIpc) is 2.91. The lowest BCUT2D eigenvalue weighted by Crippen LogP contribution is -2.48. The van der Waals surface area contributed by atoms with E-state index in [1.807, 2.05) is 9.80 Å². The quantitative estimate of drug-likeness (QED) is 0.311. The van der Waals surface area contributed by atoms with Crippen LogP contribution in [0.2, 0.25) is 0 Å². The highest BCUT2D eigenvalue weighted by Gasteiger charge is 2.19. The Morgan fingerprint density at radius 2 is 1.14 bits per heavy atom. The van der Waals surface area contributed by atoms with Crippen LogP contribution in [-0.2, 0) is 25.7 Å². The SMILES string of the molecule is Cc1cc(C)c(-c2ccc(CN3CCN(CC(=O)O)CCN(CCOCC(=O)O)CCN(CC(=O)O)CC3)cc2)c(C)c1. The Hall–Kier alpha value is -3.35. The largest absolute Gasteiger partial charge is 0.480 e. The minimum Gasteiger partial charge on any atom is -0.480 e. The third-order valence-electron chi connectivity index (χ3n) is 7.75. The molecule has 0 aromatic heterocycles. The fraction of sp³-hybridized carbons (Fsp3) is 0.531. The van der Waals surface area contributed by atoms with Crippen molar-refractivity contribution in [3.05, 3.63) is 58.7 Å². The Bertz CT molecular complexity index is 1170. The van der Waals surface area contributed by atoms with Gasteiger partial charge in [-0.25, -0.2) is 4.79 Å². The van der Waals surface area contributed by atoms with Gasteiger partial charge in [-0.3, -0.25) is 29.2 Å². The van der Waals surface area contributed by atoms with Gasteiger partial charge in [-0.15, -0.1) is 0 Å². The minimum atomic E-state index is -1.04. The summed E-state index contributed by atoms with van der Waals surface area (Å²) < 4.78 is 5.21. The van der Waals surface area contributed by atoms with Crippen LogP contribution in [0.1, 0.15) is 22.3 Å². The van der Waals surface area contributed by atoms with Crippen molar-refractivity contribution >= 4 is 17.9 Å². The molecular formula is C32H46N4O7. The van der Waals surface area contributed by atoms with Gasteiger partial charge < -0.3 is 20.1 Å². The number of aliphatic carboxylic acids is 3. The molecule has 0 unspecified atom stereocenters. The molecule has 0 aliphatic carbocycles. The van der Waals surface area contributed by atoms with E-state index in [1.165, 1.54) is 27.8 Å². The molecule has 3 rings (SSSR count). The zero-order chi connectivity index (χ0) is 31.4. The summed E-state index contributed by atoms with van der Waals surface area (Å²) in [6, 6.07) is 13.0. The molecule has 0 bridgehead atoms. The first-order chi connectivity index (χ1) is 20.5. The van der Waals surface area contributed by atoms with E-state index in [-0.39, 0.29) is 26.3 Å². The summed E-state index contributed by atoms with van der Waals surface area (Å²) in [5, 5.41) is 27.9. The summed E-state index contributed by atoms with van der Waals surface area (Å²) in [5.74, 6) is -2.81. The normalized spacial score (nSPS) is 16.8. The molecule has 3 N–H and O–H groups in total. The van der Waals surface area contributed by atoms with Crippen molar-refractivity contribution in [2.75, 3.05) is 85.2 Å². The van der Waals surface area contributed by atoms with Crippen molar-refractivity contribution < 1.29 is 34.4 Å². The van der Waals surface area contributed by atoms with Crippen LogP contribution in [0.5, 0.6) is 0 Å². The Kier molecular flexibility index (Phi) is 13.6. The highest BCUT2D eigenvalue weighted by atomic mass is 16.5. The molecule has 1 aliphatic heterocycles. The summed E-state index contributed by atoms with van der Waals surface area (Å²) in [6.07, 6.45) is 0. The lowest BCUT2D eigenvalue weighted by atomic mass is 9.93. The molecule has 0 saturated carbocycles. The summed E-state index contributed by atoms with van der Waals surface area (Å²) in [5.41, 5.74) is 7.30. The van der Waals surface area contributed by atoms with E-state index in [4.69, 9.17) is 9.84 Å². The Labute approximate surface area is 254 Å². The van der Waals surface area contributed by atoms with Gasteiger partial charge in [0.05, 0.1) is 19.7 Å². The maximum atomic E-state index is 11.6. The highest BCUT2D eigenvalue weighted by Crippen LogP contribution is 2.28. The average molecular weight is 599 g/mol. The molecule has 0 amide bonds. The number of benzene rings is 2. The van der Waals surface area contributed by atoms with Crippen LogP contribution in [0.4, 0.5) is 0 Å². The fourth-order valence-electron chi connectivity index (χ4n) is 5.68. The van der Waals surface area contributed by atoms with E-state index in [2.05, 4.69) is 67.0 Å². The monoisotopic (exact) mass is 598 g/mol. The van der Waals surface area contributed by atoms with Gasteiger partial charge in [0, 0.05) is 65.4 Å². The van der Waals surface area contributed by atoms with Crippen molar-refractivity contribution in [1.82, 2.24) is 19.6 Å². The third kappa shape index (κ3) is 12.0. The Morgan fingerprint density at radius 1 is 0.674 bits per heavy atom. The van der Waals surface area contributed by atoms with Crippen LogP contribution in [0.15, 0.2) is 36.4 Å². The second-order valence-corrected chi connectivity index (χ2v) is 11.4. The number of rotatable bonds is 12. The Morgan fingerprint density at radius 3 is 1.60 bits per heavy atom. The van der Waals surface area contributed by atoms with Crippen LogP contribution in [0, 0.1) is 20.8 Å². The molecule has 2 aromatic rings. The number of hydrogen-bond acceptors (Lipinski definition) is 8. The van der Waals surface area contributed by atoms with Gasteiger partial charge in [-0.1, -0.05) is 42.0 Å². The van der Waals surface area contributed by atoms with E-state index in [0.717, 1.165) is 5.56 Å². The van der Waals surface area contributed by atoms with E-state index >= 15 is 0 Å². The molecule has 1 fully saturated rings. The predicted molar refractivity (Wildman–Crippen MR) is 164 cm³/mol. The van der Waals surface area contributed by atoms with E-state index < -0.39 is 17.9 Å². The maximum Gasteiger partial charge on any atom is 0.329 e. The van der Waals surface area contributed by atoms with Gasteiger partial charge in [0.15, 0.2) is 0 Å². The van der Waals surface area contributed by atoms with Gasteiger partial charge >= 0.3 is 17.9 Å². The van der Waals surface area contributed by atoms with Crippen LogP contribution < -0.4 is 0 Å². The molecule has 2 aromatic carbocycles. The summed E-state index contributed by atoms with van der Waals surface area (Å²) in [4.78, 5) is 42.2. The number of carboxylic acid groups (broad SMARTS) is 3. The number of hydrogen-bond donors (Lipinski definition) is 3. The van der Waals surface area contributed by atoms with Gasteiger partial charge in [0.1, 0.15) is 6.61 Å². The van der Waals surface area contributed by atoms with Crippen molar-refractivity contribution in [3.63, 3.8) is 0 Å². The minimum absolute atomic E-state index is 0.0771. The second-order valence-electron chi connectivity index (χ2n) is 11.4. The number of nitrogens with zero attached hydrogens (tertiary/aromatic N) is 4. The van der Waals surface area contributed by atoms with Crippen molar-refractivity contribution in [1.29, 1.82) is 0 Å². The first kappa shape index (κ1) is 34.1. The predicted octanol–water partition coefficient (Wildman–Crippen LogP) is 2.27. The molecule has 11 nitrogen and oxygen atoms in total. The lowest BCUT2D eigenvalue weighted by Gasteiger charge is -2.33. The van der Waals surface area contributed by atoms with Crippen LogP contribution in [0.25, 0.3) is 11.1 Å². The van der Waals surface area contributed by atoms with Gasteiger partial charge in [-0.2, -0.15) is 0 Å². The fourth-order valence-corrected chi connectivity index (χ4v) is 5.68. The van der Waals surface area contributed by atoms with E-state index in [0.29, 0.717) is 65.4 Å². The van der Waals surface area contributed by atoms with Crippen LogP contribution in [0.3, 0.4) is 0 Å². The van der Waals surface area contributed by atoms with Gasteiger partial charge in [-0.05, 0) is 48.6 Å². The van der Waals surface area contributed by atoms with Crippen molar-refractivity contribution in [2.24, 2.45) is 0 Å². The molecule has 1 saturated heterocycles. The zero-order valence-corrected chi connectivity index (χ0v) is 25.6. The van der Waals surface area contributed by atoms with Crippen molar-refractivity contribution in [3.8, 4) is 11.1 Å². The molecule has 236 valence electrons. The van der Waals surface area contributed by atoms with E-state index in [1.54, 1.807) is 0 Å². The summed E-state index contributed by atoms with van der Waals surface area (Å²) >= 11 is 0. The molecule has 11 heteroatoms. The highest BCUT2D eigenvalue weighted by molar-refractivity contribution is 5.71.